The number of hydrogen-bond acceptors (Lipinski definition) is 0. The highest BCUT2D eigenvalue weighted by Crippen LogP contribution is 2.57. The molecule has 7 aromatic carbocycles. The lowest BCUT2D eigenvalue weighted by molar-refractivity contribution is 1.58. The van der Waals surface area contributed by atoms with Crippen LogP contribution in [0, 0.1) is 0 Å². The van der Waals surface area contributed by atoms with Gasteiger partial charge in [0.2, 0.25) is 0 Å². The maximum atomic E-state index is 4.30. The fourth-order valence-corrected chi connectivity index (χ4v) is 7.62. The van der Waals surface area contributed by atoms with Crippen molar-refractivity contribution in [3.8, 4) is 66.8 Å². The summed E-state index contributed by atoms with van der Waals surface area (Å²) in [7, 11) is 0. The van der Waals surface area contributed by atoms with E-state index in [1.54, 1.807) is 0 Å². The Morgan fingerprint density at radius 2 is 0.714 bits per heavy atom. The van der Waals surface area contributed by atoms with E-state index in [0.29, 0.717) is 0 Å². The van der Waals surface area contributed by atoms with Gasteiger partial charge in [-0.25, -0.2) is 0 Å². The van der Waals surface area contributed by atoms with Gasteiger partial charge < -0.3 is 0 Å². The topological polar surface area (TPSA) is 0 Å². The van der Waals surface area contributed by atoms with Crippen LogP contribution in [0.2, 0.25) is 0 Å². The molecule has 7 aromatic rings. The number of rotatable bonds is 4. The van der Waals surface area contributed by atoms with Gasteiger partial charge in [0.05, 0.1) is 0 Å². The molecule has 0 amide bonds. The molecule has 0 heteroatoms. The first-order chi connectivity index (χ1) is 20.8. The summed E-state index contributed by atoms with van der Waals surface area (Å²) in [4.78, 5) is 0. The minimum absolute atomic E-state index is 1.12. The van der Waals surface area contributed by atoms with E-state index in [2.05, 4.69) is 134 Å². The van der Waals surface area contributed by atoms with Gasteiger partial charge in [-0.15, -0.1) is 0 Å². The van der Waals surface area contributed by atoms with E-state index < -0.39 is 0 Å². The number of hydrogen-bond donors (Lipinski definition) is 0. The monoisotopic (exact) mass is 530 g/mol. The molecular weight excluding hydrogens is 504 g/mol. The van der Waals surface area contributed by atoms with E-state index in [9.17, 15) is 0 Å². The van der Waals surface area contributed by atoms with Crippen molar-refractivity contribution in [1.29, 1.82) is 0 Å². The van der Waals surface area contributed by atoms with Crippen LogP contribution >= 0.6 is 0 Å². The van der Waals surface area contributed by atoms with Gasteiger partial charge in [-0.05, 0) is 112 Å². The highest BCUT2D eigenvalue weighted by molar-refractivity contribution is 6.28. The van der Waals surface area contributed by atoms with Crippen molar-refractivity contribution in [2.45, 2.75) is 0 Å². The van der Waals surface area contributed by atoms with Gasteiger partial charge in [-0.2, -0.15) is 0 Å². The fraction of sp³-hybridized carbons (Fsp3) is 0. The summed E-state index contributed by atoms with van der Waals surface area (Å²) in [6.07, 6.45) is 4.01. The molecule has 0 bridgehead atoms. The van der Waals surface area contributed by atoms with Crippen LogP contribution in [-0.4, -0.2) is 0 Å². The van der Waals surface area contributed by atoms with Crippen molar-refractivity contribution >= 4 is 33.7 Å². The molecule has 0 spiro atoms. The van der Waals surface area contributed by atoms with Crippen LogP contribution in [0.1, 0.15) is 11.1 Å². The SMILES string of the molecule is C=Cc1c(C=C)c(-c2ccccc2)c2cc3c(cc2c1-c1ccccc1)-c1ccc2c4c(ccc-3c14)-c1ccccc1-2. The summed E-state index contributed by atoms with van der Waals surface area (Å²) in [6, 6.07) is 44.5. The van der Waals surface area contributed by atoms with Crippen LogP contribution in [0.15, 0.2) is 134 Å². The van der Waals surface area contributed by atoms with Crippen LogP contribution in [0.4, 0.5) is 0 Å². The lowest BCUT2D eigenvalue weighted by Gasteiger charge is -2.21. The van der Waals surface area contributed by atoms with Crippen molar-refractivity contribution in [3.05, 3.63) is 146 Å². The molecule has 2 aliphatic rings. The third-order valence-corrected chi connectivity index (χ3v) is 9.31. The minimum atomic E-state index is 1.12. The van der Waals surface area contributed by atoms with Gasteiger partial charge in [0.15, 0.2) is 0 Å². The average molecular weight is 531 g/mol. The van der Waals surface area contributed by atoms with E-state index in [1.807, 2.05) is 12.2 Å². The Kier molecular flexibility index (Phi) is 4.72. The maximum Gasteiger partial charge on any atom is -0.00139 e. The molecule has 0 atom stereocenters. The smallest absolute Gasteiger partial charge is 0.00139 e. The van der Waals surface area contributed by atoms with Crippen LogP contribution in [0.5, 0.6) is 0 Å². The molecule has 0 saturated carbocycles. The summed E-state index contributed by atoms with van der Waals surface area (Å²) < 4.78 is 0. The Morgan fingerprint density at radius 3 is 1.10 bits per heavy atom. The Bertz CT molecular complexity index is 2140. The van der Waals surface area contributed by atoms with Gasteiger partial charge in [-0.1, -0.05) is 135 Å². The standard InChI is InChI=1S/C42H26/c1-3-27-28(4-2)40(26-15-9-6-10-16-26)38-24-36-34-22-20-32-30-18-12-11-17-29(30)31-19-21-33(42(34)41(31)32)35(36)23-37(38)39(27)25-13-7-5-8-14-25/h3-24H,1-2H2. The predicted molar refractivity (Wildman–Crippen MR) is 181 cm³/mol. The van der Waals surface area contributed by atoms with Crippen LogP contribution in [0.3, 0.4) is 0 Å². The van der Waals surface area contributed by atoms with Gasteiger partial charge in [0.25, 0.3) is 0 Å². The molecule has 42 heavy (non-hydrogen) atoms. The lowest BCUT2D eigenvalue weighted by atomic mass is 9.82. The molecule has 0 nitrogen and oxygen atoms in total. The third-order valence-electron chi connectivity index (χ3n) is 9.31. The van der Waals surface area contributed by atoms with E-state index >= 15 is 0 Å². The van der Waals surface area contributed by atoms with Gasteiger partial charge in [0.1, 0.15) is 0 Å². The first-order valence-electron chi connectivity index (χ1n) is 14.5. The zero-order valence-electron chi connectivity index (χ0n) is 23.1. The summed E-state index contributed by atoms with van der Waals surface area (Å²) in [5.74, 6) is 0. The Labute approximate surface area is 245 Å². The molecule has 9 rings (SSSR count). The Hall–Kier alpha value is -5.46. The molecule has 0 radical (unpaired) electrons. The molecular formula is C42H26. The largest absolute Gasteiger partial charge is 0.0984 e. The lowest BCUT2D eigenvalue weighted by Crippen LogP contribution is -1.97. The van der Waals surface area contributed by atoms with Gasteiger partial charge in [-0.3, -0.25) is 0 Å². The second-order valence-electron chi connectivity index (χ2n) is 11.3. The van der Waals surface area contributed by atoms with Crippen molar-refractivity contribution in [2.24, 2.45) is 0 Å². The molecule has 0 aliphatic heterocycles. The quantitative estimate of drug-likeness (QED) is 0.212. The van der Waals surface area contributed by atoms with Crippen molar-refractivity contribution in [3.63, 3.8) is 0 Å². The van der Waals surface area contributed by atoms with Crippen molar-refractivity contribution < 1.29 is 0 Å². The first kappa shape index (κ1) is 23.3. The summed E-state index contributed by atoms with van der Waals surface area (Å²) >= 11 is 0. The van der Waals surface area contributed by atoms with E-state index in [-0.39, 0.29) is 0 Å². The zero-order valence-corrected chi connectivity index (χ0v) is 23.1. The molecule has 0 saturated heterocycles. The van der Waals surface area contributed by atoms with Crippen LogP contribution in [0.25, 0.3) is 100 Å². The normalized spacial score (nSPS) is 12.0. The predicted octanol–water partition coefficient (Wildman–Crippen LogP) is 11.9. The summed E-state index contributed by atoms with van der Waals surface area (Å²) in [5, 5.41) is 5.24. The summed E-state index contributed by atoms with van der Waals surface area (Å²) in [5.41, 5.74) is 17.6. The highest BCUT2D eigenvalue weighted by atomic mass is 14.3. The average Bonchev–Trinajstić information content (AvgIpc) is 3.55. The number of benzene rings is 7. The van der Waals surface area contributed by atoms with Crippen LogP contribution in [-0.2, 0) is 0 Å². The Balaban J connectivity index is 1.45. The molecule has 0 N–H and O–H groups in total. The first-order valence-corrected chi connectivity index (χ1v) is 14.5. The molecule has 0 aromatic heterocycles. The van der Waals surface area contributed by atoms with Crippen molar-refractivity contribution in [2.75, 3.05) is 0 Å². The van der Waals surface area contributed by atoms with E-state index in [4.69, 9.17) is 0 Å². The minimum Gasteiger partial charge on any atom is -0.0984 e. The fourth-order valence-electron chi connectivity index (χ4n) is 7.62. The second kappa shape index (κ2) is 8.52. The molecule has 0 unspecified atom stereocenters. The zero-order chi connectivity index (χ0) is 27.9. The molecule has 2 aliphatic carbocycles. The second-order valence-corrected chi connectivity index (χ2v) is 11.3. The number of fused-ring (bicyclic) bond motifs is 7. The highest BCUT2D eigenvalue weighted by Gasteiger charge is 2.30. The van der Waals surface area contributed by atoms with E-state index in [1.165, 1.54) is 88.3 Å². The summed E-state index contributed by atoms with van der Waals surface area (Å²) in [6.45, 7) is 8.60. The van der Waals surface area contributed by atoms with E-state index in [0.717, 1.165) is 11.1 Å². The molecule has 0 heterocycles. The molecule has 0 fully saturated rings. The molecule has 194 valence electrons. The van der Waals surface area contributed by atoms with Gasteiger partial charge in [0, 0.05) is 0 Å². The van der Waals surface area contributed by atoms with Gasteiger partial charge >= 0.3 is 0 Å². The third kappa shape index (κ3) is 2.91. The van der Waals surface area contributed by atoms with Crippen LogP contribution < -0.4 is 0 Å². The van der Waals surface area contributed by atoms with Crippen molar-refractivity contribution in [1.82, 2.24) is 0 Å². The maximum absolute atomic E-state index is 4.30. The Morgan fingerprint density at radius 1 is 0.357 bits per heavy atom.